The number of nitrogens with one attached hydrogen (secondary N) is 2. The Bertz CT molecular complexity index is 1630. The first-order valence-electron chi connectivity index (χ1n) is 13.5. The number of rotatable bonds is 7. The lowest BCUT2D eigenvalue weighted by Gasteiger charge is -2.19. The van der Waals surface area contributed by atoms with Crippen LogP contribution in [0.4, 0.5) is 10.1 Å². The normalized spacial score (nSPS) is 14.1. The topological polar surface area (TPSA) is 96.0 Å². The van der Waals surface area contributed by atoms with E-state index in [1.165, 1.54) is 49.6 Å². The number of ether oxygens (including phenoxy) is 1. The number of H-pyrrole nitrogens is 1. The van der Waals surface area contributed by atoms with Gasteiger partial charge in [-0.2, -0.15) is 5.10 Å². The molecule has 2 N–H and O–H groups in total. The van der Waals surface area contributed by atoms with Crippen LogP contribution >= 0.6 is 0 Å². The van der Waals surface area contributed by atoms with Crippen molar-refractivity contribution in [2.75, 3.05) is 18.4 Å². The maximum absolute atomic E-state index is 13.4. The van der Waals surface area contributed by atoms with E-state index in [9.17, 15) is 9.18 Å². The number of carbonyl (C=O) groups is 1. The number of halogens is 1. The van der Waals surface area contributed by atoms with Gasteiger partial charge in [0.1, 0.15) is 11.6 Å². The molecule has 0 atom stereocenters. The van der Waals surface area contributed by atoms with Gasteiger partial charge in [-0.3, -0.25) is 19.8 Å². The van der Waals surface area contributed by atoms with E-state index in [0.29, 0.717) is 16.8 Å². The molecule has 2 aromatic carbocycles. The summed E-state index contributed by atoms with van der Waals surface area (Å²) in [6.45, 7) is 3.15. The Labute approximate surface area is 231 Å². The van der Waals surface area contributed by atoms with E-state index in [4.69, 9.17) is 4.74 Å². The largest absolute Gasteiger partial charge is 0.439 e. The number of hydrogen-bond acceptors (Lipinski definition) is 6. The Morgan fingerprint density at radius 3 is 2.62 bits per heavy atom. The molecule has 5 aromatic rings. The lowest BCUT2D eigenvalue weighted by molar-refractivity contribution is 0.102. The molecule has 0 radical (unpaired) electrons. The molecule has 8 nitrogen and oxygen atoms in total. The SMILES string of the molecule is O=C(Nc1ccc(Oc2cccc(F)c2)nc1)c1n[nH]c2ccc(-c3cncc(CN4CCCCCC4)c3)cc12. The molecule has 1 saturated heterocycles. The zero-order valence-electron chi connectivity index (χ0n) is 21.9. The summed E-state index contributed by atoms with van der Waals surface area (Å²) < 4.78 is 19.0. The predicted molar refractivity (Wildman–Crippen MR) is 152 cm³/mol. The minimum absolute atomic E-state index is 0.283. The minimum atomic E-state index is -0.396. The van der Waals surface area contributed by atoms with E-state index in [0.717, 1.165) is 36.3 Å². The fourth-order valence-electron chi connectivity index (χ4n) is 5.01. The monoisotopic (exact) mass is 536 g/mol. The molecule has 1 aliphatic heterocycles. The third-order valence-electron chi connectivity index (χ3n) is 7.02. The van der Waals surface area contributed by atoms with Crippen molar-refractivity contribution in [1.82, 2.24) is 25.1 Å². The van der Waals surface area contributed by atoms with Crippen molar-refractivity contribution in [3.8, 4) is 22.8 Å². The maximum atomic E-state index is 13.4. The minimum Gasteiger partial charge on any atom is -0.439 e. The van der Waals surface area contributed by atoms with Crippen LogP contribution < -0.4 is 10.1 Å². The van der Waals surface area contributed by atoms with Crippen molar-refractivity contribution >= 4 is 22.5 Å². The molecule has 1 amide bonds. The van der Waals surface area contributed by atoms with Crippen molar-refractivity contribution in [2.24, 2.45) is 0 Å². The summed E-state index contributed by atoms with van der Waals surface area (Å²) in [7, 11) is 0. The molecule has 0 unspecified atom stereocenters. The van der Waals surface area contributed by atoms with Crippen LogP contribution in [-0.2, 0) is 6.54 Å². The van der Waals surface area contributed by atoms with Gasteiger partial charge in [-0.15, -0.1) is 0 Å². The molecule has 202 valence electrons. The molecule has 0 bridgehead atoms. The van der Waals surface area contributed by atoms with Crippen molar-refractivity contribution < 1.29 is 13.9 Å². The number of hydrogen-bond donors (Lipinski definition) is 2. The first-order valence-corrected chi connectivity index (χ1v) is 13.5. The van der Waals surface area contributed by atoms with E-state index in [2.05, 4.69) is 36.4 Å². The lowest BCUT2D eigenvalue weighted by atomic mass is 10.0. The third kappa shape index (κ3) is 6.00. The first-order chi connectivity index (χ1) is 19.6. The van der Waals surface area contributed by atoms with Crippen LogP contribution in [0, 0.1) is 5.82 Å². The summed E-state index contributed by atoms with van der Waals surface area (Å²) in [6.07, 6.45) is 10.4. The fourth-order valence-corrected chi connectivity index (χ4v) is 5.01. The lowest BCUT2D eigenvalue weighted by Crippen LogP contribution is -2.24. The Balaban J connectivity index is 1.17. The Morgan fingerprint density at radius 1 is 0.950 bits per heavy atom. The zero-order valence-corrected chi connectivity index (χ0v) is 21.9. The van der Waals surface area contributed by atoms with Crippen LogP contribution in [0.2, 0.25) is 0 Å². The molecule has 0 saturated carbocycles. The summed E-state index contributed by atoms with van der Waals surface area (Å²) in [5.41, 5.74) is 4.68. The highest BCUT2D eigenvalue weighted by atomic mass is 19.1. The van der Waals surface area contributed by atoms with Crippen molar-refractivity contribution in [1.29, 1.82) is 0 Å². The first kappa shape index (κ1) is 25.6. The summed E-state index contributed by atoms with van der Waals surface area (Å²) in [5.74, 6) is -0.138. The number of aromatic amines is 1. The van der Waals surface area contributed by atoms with Gasteiger partial charge in [-0.25, -0.2) is 9.37 Å². The number of aromatic nitrogens is 4. The summed E-state index contributed by atoms with van der Waals surface area (Å²) in [5, 5.41) is 10.8. The van der Waals surface area contributed by atoms with Gasteiger partial charge in [-0.05, 0) is 73.5 Å². The van der Waals surface area contributed by atoms with Gasteiger partial charge in [0, 0.05) is 42.0 Å². The number of likely N-dealkylation sites (tertiary alicyclic amines) is 1. The van der Waals surface area contributed by atoms with Crippen LogP contribution in [0.25, 0.3) is 22.0 Å². The molecular weight excluding hydrogens is 507 g/mol. The fraction of sp³-hybridized carbons (Fsp3) is 0.226. The second kappa shape index (κ2) is 11.6. The van der Waals surface area contributed by atoms with E-state index < -0.39 is 5.82 Å². The molecule has 4 heterocycles. The number of fused-ring (bicyclic) bond motifs is 1. The Hall–Kier alpha value is -4.63. The predicted octanol–water partition coefficient (Wildman–Crippen LogP) is 6.58. The van der Waals surface area contributed by atoms with Gasteiger partial charge in [0.2, 0.25) is 5.88 Å². The molecule has 1 aliphatic rings. The van der Waals surface area contributed by atoms with Gasteiger partial charge >= 0.3 is 0 Å². The second-order valence-electron chi connectivity index (χ2n) is 10.0. The van der Waals surface area contributed by atoms with E-state index in [-0.39, 0.29) is 17.5 Å². The molecule has 9 heteroatoms. The molecular formula is C31H29FN6O2. The van der Waals surface area contributed by atoms with Crippen molar-refractivity contribution in [2.45, 2.75) is 32.2 Å². The smallest absolute Gasteiger partial charge is 0.276 e. The quantitative estimate of drug-likeness (QED) is 0.244. The number of amides is 1. The van der Waals surface area contributed by atoms with E-state index in [1.54, 1.807) is 24.3 Å². The van der Waals surface area contributed by atoms with Gasteiger partial charge in [-0.1, -0.05) is 25.0 Å². The maximum Gasteiger partial charge on any atom is 0.276 e. The Morgan fingerprint density at radius 2 is 1.82 bits per heavy atom. The average Bonchev–Trinajstić information content (AvgIpc) is 3.23. The number of benzene rings is 2. The Kier molecular flexibility index (Phi) is 7.45. The van der Waals surface area contributed by atoms with Gasteiger partial charge in [0.25, 0.3) is 5.91 Å². The molecule has 0 spiro atoms. The van der Waals surface area contributed by atoms with Gasteiger partial charge in [0.05, 0.1) is 17.4 Å². The number of anilines is 1. The number of nitrogens with zero attached hydrogens (tertiary/aromatic N) is 4. The molecule has 6 rings (SSSR count). The average molecular weight is 537 g/mol. The molecule has 40 heavy (non-hydrogen) atoms. The van der Waals surface area contributed by atoms with Crippen LogP contribution in [0.1, 0.15) is 41.7 Å². The van der Waals surface area contributed by atoms with Gasteiger partial charge in [0.15, 0.2) is 5.69 Å². The number of pyridine rings is 2. The van der Waals surface area contributed by atoms with Crippen LogP contribution in [-0.4, -0.2) is 44.1 Å². The second-order valence-corrected chi connectivity index (χ2v) is 10.0. The summed E-state index contributed by atoms with van der Waals surface area (Å²) in [4.78, 5) is 24.4. The van der Waals surface area contributed by atoms with Gasteiger partial charge < -0.3 is 10.1 Å². The van der Waals surface area contributed by atoms with Crippen molar-refractivity contribution in [3.63, 3.8) is 0 Å². The summed E-state index contributed by atoms with van der Waals surface area (Å²) >= 11 is 0. The van der Waals surface area contributed by atoms with E-state index >= 15 is 0 Å². The third-order valence-corrected chi connectivity index (χ3v) is 7.02. The molecule has 0 aliphatic carbocycles. The number of carbonyl (C=O) groups excluding carboxylic acids is 1. The highest BCUT2D eigenvalue weighted by Crippen LogP contribution is 2.27. The van der Waals surface area contributed by atoms with E-state index in [1.807, 2.05) is 30.6 Å². The summed E-state index contributed by atoms with van der Waals surface area (Å²) in [6, 6.07) is 17.2. The van der Waals surface area contributed by atoms with Crippen LogP contribution in [0.3, 0.4) is 0 Å². The standard InChI is InChI=1S/C31H29FN6O2/c32-24-6-5-7-26(16-24)40-29-11-9-25(19-34-29)35-31(39)30-27-15-22(8-10-28(27)36-37-30)23-14-21(17-33-18-23)20-38-12-3-1-2-4-13-38/h5-11,14-19H,1-4,12-13,20H2,(H,35,39)(H,36,37). The van der Waals surface area contributed by atoms with Crippen molar-refractivity contribution in [3.05, 3.63) is 96.3 Å². The highest BCUT2D eigenvalue weighted by Gasteiger charge is 2.16. The molecule has 1 fully saturated rings. The highest BCUT2D eigenvalue weighted by molar-refractivity contribution is 6.11. The van der Waals surface area contributed by atoms with Crippen LogP contribution in [0.5, 0.6) is 11.6 Å². The van der Waals surface area contributed by atoms with Crippen LogP contribution in [0.15, 0.2) is 79.3 Å². The molecule has 3 aromatic heterocycles. The zero-order chi connectivity index (χ0) is 27.3.